The first-order valence-electron chi connectivity index (χ1n) is 6.25. The molecule has 0 aliphatic heterocycles. The number of carbonyl (C=O) groups excluding carboxylic acids is 1. The molecule has 0 aliphatic carbocycles. The van der Waals surface area contributed by atoms with Crippen LogP contribution >= 0.6 is 23.4 Å². The monoisotopic (exact) mass is 313 g/mol. The summed E-state index contributed by atoms with van der Waals surface area (Å²) in [6.45, 7) is 1.48. The highest BCUT2D eigenvalue weighted by molar-refractivity contribution is 8.13. The highest BCUT2D eigenvalue weighted by Gasteiger charge is 2.21. The fourth-order valence-corrected chi connectivity index (χ4v) is 2.93. The van der Waals surface area contributed by atoms with E-state index in [0.717, 1.165) is 22.7 Å². The molecule has 0 spiro atoms. The number of thioether (sulfide) groups is 1. The van der Waals surface area contributed by atoms with Gasteiger partial charge in [0.15, 0.2) is 5.12 Å². The van der Waals surface area contributed by atoms with E-state index < -0.39 is 12.2 Å². The molecule has 6 heteroatoms. The maximum absolute atomic E-state index is 10.8. The van der Waals surface area contributed by atoms with Gasteiger partial charge in [0.2, 0.25) is 0 Å². The Morgan fingerprint density at radius 3 is 2.90 bits per heavy atom. The molecule has 0 amide bonds. The van der Waals surface area contributed by atoms with Crippen LogP contribution in [0.15, 0.2) is 24.4 Å². The maximum Gasteiger partial charge on any atom is 0.185 e. The minimum Gasteiger partial charge on any atom is -0.390 e. The van der Waals surface area contributed by atoms with Crippen molar-refractivity contribution in [1.29, 1.82) is 0 Å². The van der Waals surface area contributed by atoms with Crippen molar-refractivity contribution < 1.29 is 15.0 Å². The number of carbonyl (C=O) groups is 1. The molecule has 108 valence electrons. The van der Waals surface area contributed by atoms with Gasteiger partial charge in [0.05, 0.1) is 6.10 Å². The molecule has 2 atom stereocenters. The van der Waals surface area contributed by atoms with Gasteiger partial charge in [-0.1, -0.05) is 23.4 Å². The summed E-state index contributed by atoms with van der Waals surface area (Å²) in [6.07, 6.45) is 0.106. The number of halogens is 1. The number of aromatic nitrogens is 1. The van der Waals surface area contributed by atoms with Crippen LogP contribution in [0.4, 0.5) is 0 Å². The highest BCUT2D eigenvalue weighted by atomic mass is 35.5. The van der Waals surface area contributed by atoms with Crippen LogP contribution in [-0.2, 0) is 4.79 Å². The Kier molecular flexibility index (Phi) is 5.10. The van der Waals surface area contributed by atoms with Crippen LogP contribution in [0.3, 0.4) is 0 Å². The van der Waals surface area contributed by atoms with Gasteiger partial charge >= 0.3 is 0 Å². The van der Waals surface area contributed by atoms with Gasteiger partial charge in [-0.2, -0.15) is 0 Å². The lowest BCUT2D eigenvalue weighted by Crippen LogP contribution is -2.19. The van der Waals surface area contributed by atoms with Crippen molar-refractivity contribution in [2.24, 2.45) is 0 Å². The summed E-state index contributed by atoms with van der Waals surface area (Å²) in [6, 6.07) is 5.37. The Morgan fingerprint density at radius 1 is 1.45 bits per heavy atom. The Morgan fingerprint density at radius 2 is 2.20 bits per heavy atom. The smallest absolute Gasteiger partial charge is 0.185 e. The summed E-state index contributed by atoms with van der Waals surface area (Å²) in [5.41, 5.74) is 1.38. The van der Waals surface area contributed by atoms with Gasteiger partial charge in [-0.25, -0.2) is 0 Å². The van der Waals surface area contributed by atoms with E-state index in [1.807, 2.05) is 6.07 Å². The molecule has 0 saturated carbocycles. The number of aromatic amines is 1. The second kappa shape index (κ2) is 6.63. The van der Waals surface area contributed by atoms with Crippen LogP contribution in [0.25, 0.3) is 10.9 Å². The molecule has 3 N–H and O–H groups in total. The topological polar surface area (TPSA) is 73.3 Å². The number of aliphatic hydroxyl groups is 2. The Bertz CT molecular complexity index is 613. The number of benzene rings is 1. The van der Waals surface area contributed by atoms with Gasteiger partial charge in [-0.15, -0.1) is 0 Å². The molecule has 4 nitrogen and oxygen atoms in total. The number of aliphatic hydroxyl groups excluding tert-OH is 2. The van der Waals surface area contributed by atoms with Gasteiger partial charge in [-0.05, 0) is 30.0 Å². The lowest BCUT2D eigenvalue weighted by Gasteiger charge is -2.19. The third kappa shape index (κ3) is 3.55. The van der Waals surface area contributed by atoms with Crippen LogP contribution in [0.1, 0.15) is 25.0 Å². The molecule has 0 radical (unpaired) electrons. The second-order valence-electron chi connectivity index (χ2n) is 4.58. The molecule has 0 aliphatic rings. The Labute approximate surface area is 126 Å². The number of hydrogen-bond donors (Lipinski definition) is 3. The average Bonchev–Trinajstić information content (AvgIpc) is 2.83. The highest BCUT2D eigenvalue weighted by Crippen LogP contribution is 2.30. The van der Waals surface area contributed by atoms with Crippen molar-refractivity contribution in [1.82, 2.24) is 4.98 Å². The fraction of sp³-hybridized carbons (Fsp3) is 0.357. The molecule has 1 aromatic carbocycles. The van der Waals surface area contributed by atoms with Crippen molar-refractivity contribution in [2.45, 2.75) is 25.6 Å². The van der Waals surface area contributed by atoms with E-state index in [4.69, 9.17) is 11.6 Å². The van der Waals surface area contributed by atoms with Crippen LogP contribution < -0.4 is 0 Å². The lowest BCUT2D eigenvalue weighted by molar-refractivity contribution is -0.109. The van der Waals surface area contributed by atoms with Crippen molar-refractivity contribution in [3.8, 4) is 0 Å². The van der Waals surface area contributed by atoms with Crippen molar-refractivity contribution in [3.05, 3.63) is 35.0 Å². The van der Waals surface area contributed by atoms with Crippen LogP contribution in [0.2, 0.25) is 5.02 Å². The van der Waals surface area contributed by atoms with E-state index in [-0.39, 0.29) is 5.12 Å². The first kappa shape index (κ1) is 15.4. The molecular formula is C14H16ClNO3S. The van der Waals surface area contributed by atoms with E-state index >= 15 is 0 Å². The maximum atomic E-state index is 10.8. The van der Waals surface area contributed by atoms with Gasteiger partial charge in [0, 0.05) is 35.0 Å². The van der Waals surface area contributed by atoms with E-state index in [2.05, 4.69) is 4.98 Å². The minimum absolute atomic E-state index is 0.00142. The molecular weight excluding hydrogens is 298 g/mol. The second-order valence-corrected chi connectivity index (χ2v) is 6.26. The van der Waals surface area contributed by atoms with Crippen molar-refractivity contribution in [2.75, 3.05) is 5.75 Å². The number of rotatable bonds is 5. The minimum atomic E-state index is -1.06. The van der Waals surface area contributed by atoms with Gasteiger partial charge in [0.25, 0.3) is 0 Å². The van der Waals surface area contributed by atoms with E-state index in [9.17, 15) is 15.0 Å². The summed E-state index contributed by atoms with van der Waals surface area (Å²) in [4.78, 5) is 13.9. The largest absolute Gasteiger partial charge is 0.390 e. The van der Waals surface area contributed by atoms with E-state index in [0.29, 0.717) is 22.8 Å². The Balaban J connectivity index is 2.11. The third-order valence-electron chi connectivity index (χ3n) is 3.07. The van der Waals surface area contributed by atoms with E-state index in [1.54, 1.807) is 18.3 Å². The van der Waals surface area contributed by atoms with Crippen molar-refractivity contribution in [3.63, 3.8) is 0 Å². The number of H-pyrrole nitrogens is 1. The van der Waals surface area contributed by atoms with Crippen LogP contribution in [0, 0.1) is 0 Å². The van der Waals surface area contributed by atoms with Crippen LogP contribution in [0.5, 0.6) is 0 Å². The zero-order valence-corrected chi connectivity index (χ0v) is 12.5. The Hall–Kier alpha value is -1.01. The summed E-state index contributed by atoms with van der Waals surface area (Å²) < 4.78 is 0. The number of fused-ring (bicyclic) bond motifs is 1. The van der Waals surface area contributed by atoms with Gasteiger partial charge in [-0.3, -0.25) is 4.79 Å². The number of hydrogen-bond acceptors (Lipinski definition) is 4. The van der Waals surface area contributed by atoms with Gasteiger partial charge in [0.1, 0.15) is 6.10 Å². The average molecular weight is 314 g/mol. The molecule has 2 aromatic rings. The zero-order valence-electron chi connectivity index (χ0n) is 11.0. The predicted octanol–water partition coefficient (Wildman–Crippen LogP) is 2.89. The zero-order chi connectivity index (χ0) is 14.7. The molecule has 2 rings (SSSR count). The quantitative estimate of drug-likeness (QED) is 0.793. The first-order chi connectivity index (χ1) is 9.49. The summed E-state index contributed by atoms with van der Waals surface area (Å²) in [7, 11) is 0. The van der Waals surface area contributed by atoms with E-state index in [1.165, 1.54) is 6.92 Å². The summed E-state index contributed by atoms with van der Waals surface area (Å²) >= 11 is 7.27. The molecule has 1 aromatic heterocycles. The SMILES string of the molecule is CC(=O)SCCC(O)C(O)c1cc2cc[nH]c2cc1Cl. The molecule has 20 heavy (non-hydrogen) atoms. The molecule has 0 bridgehead atoms. The molecule has 0 saturated heterocycles. The van der Waals surface area contributed by atoms with Crippen molar-refractivity contribution >= 4 is 39.4 Å². The van der Waals surface area contributed by atoms with Gasteiger partial charge < -0.3 is 15.2 Å². The third-order valence-corrected chi connectivity index (χ3v) is 4.25. The normalized spacial score (nSPS) is 14.4. The fourth-order valence-electron chi connectivity index (χ4n) is 2.01. The number of nitrogens with one attached hydrogen (secondary N) is 1. The molecule has 1 heterocycles. The molecule has 0 fully saturated rings. The van der Waals surface area contributed by atoms with Crippen LogP contribution in [-0.4, -0.2) is 32.2 Å². The summed E-state index contributed by atoms with van der Waals surface area (Å²) in [5.74, 6) is 0.470. The standard InChI is InChI=1S/C14H16ClNO3S/c1-8(17)20-5-3-13(18)14(19)10-6-9-2-4-16-12(9)7-11(10)15/h2,4,6-7,13-14,16,18-19H,3,5H2,1H3. The molecule has 2 unspecified atom stereocenters. The summed E-state index contributed by atoms with van der Waals surface area (Å²) in [5, 5.41) is 21.5. The lowest BCUT2D eigenvalue weighted by atomic mass is 10.0. The first-order valence-corrected chi connectivity index (χ1v) is 7.61. The predicted molar refractivity (Wildman–Crippen MR) is 82.0 cm³/mol.